The molecule has 4 aromatic carbocycles. The predicted molar refractivity (Wildman–Crippen MR) is 227 cm³/mol. The van der Waals surface area contributed by atoms with E-state index in [-0.39, 0.29) is 18.4 Å². The highest BCUT2D eigenvalue weighted by Crippen LogP contribution is 2.39. The van der Waals surface area contributed by atoms with E-state index < -0.39 is 24.0 Å². The van der Waals surface area contributed by atoms with Crippen LogP contribution in [0.2, 0.25) is 10.0 Å². The first-order valence-corrected chi connectivity index (χ1v) is 21.1. The Hall–Kier alpha value is -4.73. The van der Waals surface area contributed by atoms with Crippen LogP contribution in [-0.2, 0) is 46.7 Å². The standard InChI is InChI=1S/C48H49Cl2N3O5/c1-29-30(2)52-19-17-41(29)34-10-7-31(8-11-34)22-44(51)47(54)58-48(55)45-25-36-26-46-37(24-38(36)27-53(45)39-5-3-4-6-39)23-35(18-20-56-46)33-12-14-40(15-13-33)57-28-32-9-16-42(49)43(50)21-32/h7-17,19,21,24,26,35,39,44-45H,3-6,18,20,22-23,25,27-28,51H2,1-2H3/t35-,44+,45+/m1/s1. The first-order chi connectivity index (χ1) is 28.1. The van der Waals surface area contributed by atoms with Gasteiger partial charge in [0.05, 0.1) is 16.7 Å². The van der Waals surface area contributed by atoms with E-state index in [1.165, 1.54) is 16.7 Å². The molecule has 0 bridgehead atoms. The van der Waals surface area contributed by atoms with E-state index in [1.807, 2.05) is 67.7 Å². The molecule has 300 valence electrons. The molecule has 2 N–H and O–H groups in total. The lowest BCUT2D eigenvalue weighted by Gasteiger charge is -2.39. The van der Waals surface area contributed by atoms with E-state index in [4.69, 9.17) is 43.1 Å². The number of esters is 2. The topological polar surface area (TPSA) is 104 Å². The number of fused-ring (bicyclic) bond motifs is 2. The maximum Gasteiger partial charge on any atom is 0.331 e. The van der Waals surface area contributed by atoms with Gasteiger partial charge in [-0.05, 0) is 145 Å². The molecule has 0 saturated heterocycles. The highest BCUT2D eigenvalue weighted by atomic mass is 35.5. The predicted octanol–water partition coefficient (Wildman–Crippen LogP) is 9.67. The number of pyridine rings is 1. The van der Waals surface area contributed by atoms with Gasteiger partial charge in [-0.3, -0.25) is 9.88 Å². The van der Waals surface area contributed by atoms with Crippen LogP contribution in [0.15, 0.2) is 91.1 Å². The van der Waals surface area contributed by atoms with Gasteiger partial charge in [0.15, 0.2) is 0 Å². The minimum Gasteiger partial charge on any atom is -0.493 e. The van der Waals surface area contributed by atoms with E-state index in [1.54, 1.807) is 6.07 Å². The van der Waals surface area contributed by atoms with Crippen molar-refractivity contribution in [1.82, 2.24) is 9.88 Å². The van der Waals surface area contributed by atoms with Crippen LogP contribution < -0.4 is 15.2 Å². The Morgan fingerprint density at radius 2 is 1.62 bits per heavy atom. The van der Waals surface area contributed by atoms with Gasteiger partial charge in [0, 0.05) is 24.5 Å². The summed E-state index contributed by atoms with van der Waals surface area (Å²) in [5.41, 5.74) is 17.2. The van der Waals surface area contributed by atoms with Crippen LogP contribution >= 0.6 is 23.2 Å². The normalized spacial score (nSPS) is 18.7. The number of ether oxygens (including phenoxy) is 3. The van der Waals surface area contributed by atoms with Gasteiger partial charge >= 0.3 is 11.9 Å². The van der Waals surface area contributed by atoms with Gasteiger partial charge in [-0.25, -0.2) is 9.59 Å². The van der Waals surface area contributed by atoms with Crippen molar-refractivity contribution in [3.63, 3.8) is 0 Å². The summed E-state index contributed by atoms with van der Waals surface area (Å²) < 4.78 is 18.0. The molecule has 10 heteroatoms. The number of hydrogen-bond donors (Lipinski definition) is 1. The molecule has 0 radical (unpaired) electrons. The number of aryl methyl sites for hydroxylation is 1. The minimum atomic E-state index is -0.967. The number of aromatic nitrogens is 1. The number of nitrogens with zero attached hydrogens (tertiary/aromatic N) is 2. The van der Waals surface area contributed by atoms with Gasteiger partial charge in [-0.1, -0.05) is 84.6 Å². The summed E-state index contributed by atoms with van der Waals surface area (Å²) in [5.74, 6) is 0.702. The highest BCUT2D eigenvalue weighted by Gasteiger charge is 2.40. The van der Waals surface area contributed by atoms with E-state index >= 15 is 0 Å². The third-order valence-electron chi connectivity index (χ3n) is 12.2. The van der Waals surface area contributed by atoms with Gasteiger partial charge < -0.3 is 19.9 Å². The van der Waals surface area contributed by atoms with E-state index in [2.05, 4.69) is 41.1 Å². The summed E-state index contributed by atoms with van der Waals surface area (Å²) in [4.78, 5) is 33.9. The fourth-order valence-electron chi connectivity index (χ4n) is 8.77. The fourth-order valence-corrected chi connectivity index (χ4v) is 9.09. The van der Waals surface area contributed by atoms with Gasteiger partial charge in [0.2, 0.25) is 0 Å². The van der Waals surface area contributed by atoms with E-state index in [0.29, 0.717) is 36.2 Å². The van der Waals surface area contributed by atoms with Crippen molar-refractivity contribution in [3.05, 3.63) is 146 Å². The molecule has 1 saturated carbocycles. The Kier molecular flexibility index (Phi) is 12.2. The SMILES string of the molecule is Cc1nccc(-c2ccc(C[C@H](N)C(=O)OC(=O)[C@@H]3Cc4cc5c(cc4CN3C3CCCC3)C[C@H](c3ccc(OCc4ccc(Cl)c(Cl)c4)cc3)CCO5)cc2)c1C. The van der Waals surface area contributed by atoms with Crippen molar-refractivity contribution >= 4 is 35.1 Å². The summed E-state index contributed by atoms with van der Waals surface area (Å²) >= 11 is 12.2. The van der Waals surface area contributed by atoms with Crippen molar-refractivity contribution in [3.8, 4) is 22.6 Å². The molecule has 58 heavy (non-hydrogen) atoms. The lowest BCUT2D eigenvalue weighted by molar-refractivity contribution is -0.165. The lowest BCUT2D eigenvalue weighted by Crippen LogP contribution is -2.51. The van der Waals surface area contributed by atoms with Crippen molar-refractivity contribution < 1.29 is 23.8 Å². The zero-order valence-corrected chi connectivity index (χ0v) is 34.5. The summed E-state index contributed by atoms with van der Waals surface area (Å²) in [7, 11) is 0. The minimum absolute atomic E-state index is 0.251. The van der Waals surface area contributed by atoms with E-state index in [0.717, 1.165) is 89.1 Å². The molecular weight excluding hydrogens is 769 g/mol. The smallest absolute Gasteiger partial charge is 0.331 e. The molecule has 0 amide bonds. The monoisotopic (exact) mass is 817 g/mol. The maximum absolute atomic E-state index is 13.9. The third kappa shape index (κ3) is 8.96. The molecule has 3 aliphatic rings. The molecule has 8 rings (SSSR count). The van der Waals surface area contributed by atoms with Crippen LogP contribution in [-0.4, -0.2) is 46.6 Å². The van der Waals surface area contributed by atoms with Gasteiger partial charge in [-0.2, -0.15) is 0 Å². The zero-order chi connectivity index (χ0) is 40.3. The average molecular weight is 819 g/mol. The summed E-state index contributed by atoms with van der Waals surface area (Å²) in [6.07, 6.45) is 8.54. The molecule has 2 aliphatic heterocycles. The number of rotatable bonds is 10. The number of benzene rings is 4. The number of nitrogens with two attached hydrogens (primary N) is 1. The van der Waals surface area contributed by atoms with Crippen LogP contribution in [0.3, 0.4) is 0 Å². The second kappa shape index (κ2) is 17.6. The number of carbonyl (C=O) groups excluding carboxylic acids is 2. The fraction of sp³-hybridized carbons (Fsp3) is 0.354. The Labute approximate surface area is 350 Å². The van der Waals surface area contributed by atoms with Gasteiger partial charge in [0.1, 0.15) is 30.2 Å². The number of carbonyl (C=O) groups is 2. The highest BCUT2D eigenvalue weighted by molar-refractivity contribution is 6.42. The van der Waals surface area contributed by atoms with Gasteiger partial charge in [-0.15, -0.1) is 0 Å². The summed E-state index contributed by atoms with van der Waals surface area (Å²) in [6, 6.07) is 26.9. The lowest BCUT2D eigenvalue weighted by atomic mass is 9.86. The molecule has 1 fully saturated rings. The Morgan fingerprint density at radius 1 is 0.862 bits per heavy atom. The quantitative estimate of drug-likeness (QED) is 0.110. The molecule has 0 unspecified atom stereocenters. The van der Waals surface area contributed by atoms with Crippen LogP contribution in [0.4, 0.5) is 0 Å². The van der Waals surface area contributed by atoms with Crippen LogP contribution in [0.1, 0.15) is 82.7 Å². The van der Waals surface area contributed by atoms with E-state index in [9.17, 15) is 9.59 Å². The number of hydrogen-bond acceptors (Lipinski definition) is 8. The first kappa shape index (κ1) is 40.1. The molecule has 8 nitrogen and oxygen atoms in total. The molecule has 1 aromatic heterocycles. The van der Waals surface area contributed by atoms with Crippen LogP contribution in [0.25, 0.3) is 11.1 Å². The van der Waals surface area contributed by atoms with Crippen LogP contribution in [0.5, 0.6) is 11.5 Å². The van der Waals surface area contributed by atoms with Crippen molar-refractivity contribution in [2.75, 3.05) is 6.61 Å². The Bertz CT molecular complexity index is 2290. The number of halogens is 2. The molecule has 3 heterocycles. The maximum atomic E-state index is 13.9. The summed E-state index contributed by atoms with van der Waals surface area (Å²) in [6.45, 7) is 5.66. The largest absolute Gasteiger partial charge is 0.493 e. The van der Waals surface area contributed by atoms with Crippen LogP contribution in [0, 0.1) is 13.8 Å². The summed E-state index contributed by atoms with van der Waals surface area (Å²) in [5, 5.41) is 1.04. The second-order valence-corrected chi connectivity index (χ2v) is 16.8. The van der Waals surface area contributed by atoms with Crippen molar-refractivity contribution in [1.29, 1.82) is 0 Å². The molecule has 3 atom stereocenters. The Morgan fingerprint density at radius 3 is 2.38 bits per heavy atom. The zero-order valence-electron chi connectivity index (χ0n) is 33.0. The van der Waals surface area contributed by atoms with Gasteiger partial charge in [0.25, 0.3) is 0 Å². The molecule has 1 aliphatic carbocycles. The van der Waals surface area contributed by atoms with Crippen molar-refractivity contribution in [2.24, 2.45) is 5.73 Å². The molecular formula is C48H49Cl2N3O5. The molecule has 0 spiro atoms. The van der Waals surface area contributed by atoms with Crippen molar-refractivity contribution in [2.45, 2.75) is 102 Å². The first-order valence-electron chi connectivity index (χ1n) is 20.3. The Balaban J connectivity index is 0.924. The second-order valence-electron chi connectivity index (χ2n) is 16.0. The third-order valence-corrected chi connectivity index (χ3v) is 13.0. The molecule has 5 aromatic rings. The average Bonchev–Trinajstić information content (AvgIpc) is 3.69.